The zero-order chi connectivity index (χ0) is 15.5. The van der Waals surface area contributed by atoms with Crippen LogP contribution in [0.4, 0.5) is 0 Å². The highest BCUT2D eigenvalue weighted by atomic mass is 35.5. The number of hydrogen-bond donors (Lipinski definition) is 0. The first-order chi connectivity index (χ1) is 10.6. The molecule has 2 aromatic carbocycles. The van der Waals surface area contributed by atoms with Crippen LogP contribution in [0.2, 0.25) is 10.0 Å². The normalized spacial score (nSPS) is 12.8. The van der Waals surface area contributed by atoms with E-state index >= 15 is 0 Å². The number of hydrogen-bond acceptors (Lipinski definition) is 4. The van der Waals surface area contributed by atoms with Crippen molar-refractivity contribution in [3.8, 4) is 17.2 Å². The average molecular weight is 339 g/mol. The van der Waals surface area contributed by atoms with Crippen molar-refractivity contribution < 1.29 is 19.0 Å². The molecule has 0 aromatic heterocycles. The van der Waals surface area contributed by atoms with Crippen LogP contribution in [-0.4, -0.2) is 19.2 Å². The molecule has 0 N–H and O–H groups in total. The smallest absolute Gasteiger partial charge is 0.315 e. The van der Waals surface area contributed by atoms with E-state index in [4.69, 9.17) is 37.4 Å². The predicted octanol–water partition coefficient (Wildman–Crippen LogP) is 3.91. The van der Waals surface area contributed by atoms with Crippen molar-refractivity contribution in [2.45, 2.75) is 6.42 Å². The average Bonchev–Trinajstić information content (AvgIpc) is 2.49. The van der Waals surface area contributed by atoms with Gasteiger partial charge in [-0.2, -0.15) is 0 Å². The molecule has 0 aliphatic carbocycles. The molecule has 4 nitrogen and oxygen atoms in total. The largest absolute Gasteiger partial charge is 0.486 e. The fourth-order valence-electron chi connectivity index (χ4n) is 2.12. The Morgan fingerprint density at radius 3 is 2.68 bits per heavy atom. The maximum absolute atomic E-state index is 12.0. The van der Waals surface area contributed by atoms with E-state index in [0.717, 1.165) is 0 Å². The maximum atomic E-state index is 12.0. The molecule has 22 heavy (non-hydrogen) atoms. The lowest BCUT2D eigenvalue weighted by atomic mass is 10.1. The summed E-state index contributed by atoms with van der Waals surface area (Å²) in [5, 5.41) is 0.800. The minimum Gasteiger partial charge on any atom is -0.486 e. The summed E-state index contributed by atoms with van der Waals surface area (Å²) in [5.74, 6) is 0.953. The van der Waals surface area contributed by atoms with Crippen LogP contribution in [0.25, 0.3) is 0 Å². The van der Waals surface area contributed by atoms with Crippen molar-refractivity contribution in [1.29, 1.82) is 0 Å². The number of rotatable bonds is 3. The van der Waals surface area contributed by atoms with Crippen LogP contribution in [0.5, 0.6) is 17.2 Å². The highest BCUT2D eigenvalue weighted by molar-refractivity contribution is 6.32. The van der Waals surface area contributed by atoms with Gasteiger partial charge < -0.3 is 14.2 Å². The number of esters is 1. The zero-order valence-corrected chi connectivity index (χ0v) is 13.0. The van der Waals surface area contributed by atoms with Gasteiger partial charge in [-0.05, 0) is 29.8 Å². The number of benzene rings is 2. The topological polar surface area (TPSA) is 44.8 Å². The van der Waals surface area contributed by atoms with Crippen LogP contribution >= 0.6 is 23.2 Å². The van der Waals surface area contributed by atoms with E-state index < -0.39 is 5.97 Å². The number of para-hydroxylation sites is 1. The summed E-state index contributed by atoms with van der Waals surface area (Å²) < 4.78 is 16.2. The lowest BCUT2D eigenvalue weighted by Crippen LogP contribution is -2.16. The van der Waals surface area contributed by atoms with E-state index in [0.29, 0.717) is 46.1 Å². The molecule has 114 valence electrons. The number of fused-ring (bicyclic) bond motifs is 1. The van der Waals surface area contributed by atoms with Gasteiger partial charge in [-0.3, -0.25) is 4.79 Å². The Kier molecular flexibility index (Phi) is 4.41. The Bertz CT molecular complexity index is 715. The molecular weight excluding hydrogens is 327 g/mol. The Balaban J connectivity index is 1.74. The molecule has 3 rings (SSSR count). The number of carbonyl (C=O) groups is 1. The molecule has 0 bridgehead atoms. The fourth-order valence-corrected chi connectivity index (χ4v) is 2.58. The highest BCUT2D eigenvalue weighted by Crippen LogP contribution is 2.38. The van der Waals surface area contributed by atoms with Gasteiger partial charge in [0, 0.05) is 0 Å². The second-order valence-corrected chi connectivity index (χ2v) is 5.50. The third-order valence-electron chi connectivity index (χ3n) is 3.07. The van der Waals surface area contributed by atoms with Gasteiger partial charge in [-0.1, -0.05) is 35.3 Å². The van der Waals surface area contributed by atoms with Gasteiger partial charge in [0.2, 0.25) is 0 Å². The number of carbonyl (C=O) groups excluding carboxylic acids is 1. The molecule has 0 unspecified atom stereocenters. The van der Waals surface area contributed by atoms with Gasteiger partial charge in [0.15, 0.2) is 11.5 Å². The third kappa shape index (κ3) is 3.29. The molecule has 0 saturated carbocycles. The van der Waals surface area contributed by atoms with E-state index in [1.165, 1.54) is 0 Å². The molecule has 0 fully saturated rings. The van der Waals surface area contributed by atoms with Crippen LogP contribution in [0.15, 0.2) is 36.4 Å². The van der Waals surface area contributed by atoms with Crippen LogP contribution < -0.4 is 14.2 Å². The third-order valence-corrected chi connectivity index (χ3v) is 3.66. The first-order valence-corrected chi connectivity index (χ1v) is 7.42. The van der Waals surface area contributed by atoms with Gasteiger partial charge in [0.25, 0.3) is 0 Å². The van der Waals surface area contributed by atoms with Crippen LogP contribution in [0.1, 0.15) is 5.56 Å². The monoisotopic (exact) mass is 338 g/mol. The number of halogens is 2. The molecule has 2 aromatic rings. The van der Waals surface area contributed by atoms with Gasteiger partial charge >= 0.3 is 5.97 Å². The molecule has 6 heteroatoms. The van der Waals surface area contributed by atoms with E-state index in [1.807, 2.05) is 0 Å². The Labute approximate surface area is 137 Å². The van der Waals surface area contributed by atoms with Crippen molar-refractivity contribution in [1.82, 2.24) is 0 Å². The summed E-state index contributed by atoms with van der Waals surface area (Å²) in [6.45, 7) is 0.914. The van der Waals surface area contributed by atoms with Crippen LogP contribution in [0.3, 0.4) is 0 Å². The Morgan fingerprint density at radius 1 is 1.09 bits per heavy atom. The molecular formula is C16H12Cl2O4. The summed E-state index contributed by atoms with van der Waals surface area (Å²) in [5.41, 5.74) is 0.686. The van der Waals surface area contributed by atoms with Gasteiger partial charge in [0.05, 0.1) is 16.5 Å². The van der Waals surface area contributed by atoms with Gasteiger partial charge in [-0.25, -0.2) is 0 Å². The molecule has 1 heterocycles. The number of ether oxygens (including phenoxy) is 3. The summed E-state index contributed by atoms with van der Waals surface area (Å²) >= 11 is 12.1. The van der Waals surface area contributed by atoms with Crippen molar-refractivity contribution in [2.24, 2.45) is 0 Å². The lowest BCUT2D eigenvalue weighted by molar-refractivity contribution is -0.133. The van der Waals surface area contributed by atoms with E-state index in [2.05, 4.69) is 0 Å². The minimum atomic E-state index is -0.430. The van der Waals surface area contributed by atoms with Crippen molar-refractivity contribution in [3.05, 3.63) is 52.0 Å². The molecule has 1 aliphatic rings. The molecule has 1 aliphatic heterocycles. The second kappa shape index (κ2) is 6.46. The summed E-state index contributed by atoms with van der Waals surface area (Å²) in [4.78, 5) is 12.0. The van der Waals surface area contributed by atoms with Crippen molar-refractivity contribution >= 4 is 29.2 Å². The second-order valence-electron chi connectivity index (χ2n) is 4.68. The zero-order valence-electron chi connectivity index (χ0n) is 11.5. The first kappa shape index (κ1) is 15.0. The van der Waals surface area contributed by atoms with E-state index in [-0.39, 0.29) is 6.42 Å². The lowest BCUT2D eigenvalue weighted by Gasteiger charge is -2.20. The van der Waals surface area contributed by atoms with Crippen LogP contribution in [-0.2, 0) is 11.2 Å². The molecule has 0 spiro atoms. The summed E-state index contributed by atoms with van der Waals surface area (Å²) in [6.07, 6.45) is 0.0571. The first-order valence-electron chi connectivity index (χ1n) is 6.67. The molecule has 0 saturated heterocycles. The molecule has 0 atom stereocenters. The maximum Gasteiger partial charge on any atom is 0.315 e. The molecule has 0 amide bonds. The molecule has 0 radical (unpaired) electrons. The fraction of sp³-hybridized carbons (Fsp3) is 0.188. The minimum absolute atomic E-state index is 0.0571. The summed E-state index contributed by atoms with van der Waals surface area (Å²) in [7, 11) is 0. The highest BCUT2D eigenvalue weighted by Gasteiger charge is 2.18. The Hall–Kier alpha value is -1.91. The SMILES string of the molecule is O=C(Cc1cc(Cl)c2c(c1)OCCO2)Oc1ccccc1Cl. The van der Waals surface area contributed by atoms with Crippen molar-refractivity contribution in [2.75, 3.05) is 13.2 Å². The standard InChI is InChI=1S/C16H12Cl2O4/c17-11-3-1-2-4-13(11)22-15(19)9-10-7-12(18)16-14(8-10)20-5-6-21-16/h1-4,7-8H,5-6,9H2. The van der Waals surface area contributed by atoms with Crippen molar-refractivity contribution in [3.63, 3.8) is 0 Å². The predicted molar refractivity (Wildman–Crippen MR) is 83.2 cm³/mol. The van der Waals surface area contributed by atoms with Gasteiger partial charge in [-0.15, -0.1) is 0 Å². The summed E-state index contributed by atoms with van der Waals surface area (Å²) in [6, 6.07) is 10.2. The van der Waals surface area contributed by atoms with Crippen LogP contribution in [0, 0.1) is 0 Å². The quantitative estimate of drug-likeness (QED) is 0.628. The van der Waals surface area contributed by atoms with E-state index in [9.17, 15) is 4.79 Å². The van der Waals surface area contributed by atoms with E-state index in [1.54, 1.807) is 36.4 Å². The van der Waals surface area contributed by atoms with Gasteiger partial charge in [0.1, 0.15) is 19.0 Å². The Morgan fingerprint density at radius 2 is 1.86 bits per heavy atom.